The van der Waals surface area contributed by atoms with Crippen LogP contribution in [-0.4, -0.2) is 0 Å². The van der Waals surface area contributed by atoms with Crippen molar-refractivity contribution < 1.29 is 0 Å². The van der Waals surface area contributed by atoms with Crippen molar-refractivity contribution in [2.45, 2.75) is 0 Å². The van der Waals surface area contributed by atoms with E-state index in [4.69, 9.17) is 11.6 Å². The Kier molecular flexibility index (Phi) is 2.38. The minimum atomic E-state index is 0.754. The zero-order valence-electron chi connectivity index (χ0n) is 8.37. The lowest BCUT2D eigenvalue weighted by Gasteiger charge is -2.07. The maximum absolute atomic E-state index is 6.14. The van der Waals surface area contributed by atoms with E-state index in [0.29, 0.717) is 0 Å². The molecular weight excluding hydrogens is 284 g/mol. The molecule has 3 aromatic carbocycles. The molecule has 0 aliphatic rings. The number of benzene rings is 3. The van der Waals surface area contributed by atoms with E-state index in [1.54, 1.807) is 0 Å². The van der Waals surface area contributed by atoms with Gasteiger partial charge in [0.05, 0.1) is 5.02 Å². The van der Waals surface area contributed by atoms with Crippen LogP contribution < -0.4 is 0 Å². The quantitative estimate of drug-likeness (QED) is 0.486. The van der Waals surface area contributed by atoms with Crippen molar-refractivity contribution in [3.8, 4) is 0 Å². The van der Waals surface area contributed by atoms with Gasteiger partial charge in [-0.3, -0.25) is 0 Å². The van der Waals surface area contributed by atoms with Crippen molar-refractivity contribution in [2.75, 3.05) is 0 Å². The Morgan fingerprint density at radius 2 is 1.50 bits per heavy atom. The molecule has 0 fully saturated rings. The Bertz CT molecular complexity index is 689. The average Bonchev–Trinajstić information content (AvgIpc) is 2.33. The highest BCUT2D eigenvalue weighted by atomic mass is 79.9. The van der Waals surface area contributed by atoms with Crippen LogP contribution >= 0.6 is 27.5 Å². The third-order valence-electron chi connectivity index (χ3n) is 2.80. The summed E-state index contributed by atoms with van der Waals surface area (Å²) in [6, 6.07) is 16.6. The fraction of sp³-hybridized carbons (Fsp3) is 0. The summed E-state index contributed by atoms with van der Waals surface area (Å²) in [7, 11) is 0. The van der Waals surface area contributed by atoms with Crippen LogP contribution in [0.2, 0.25) is 5.02 Å². The minimum Gasteiger partial charge on any atom is -0.0831 e. The van der Waals surface area contributed by atoms with Gasteiger partial charge in [0, 0.05) is 9.86 Å². The van der Waals surface area contributed by atoms with Crippen molar-refractivity contribution in [3.05, 3.63) is 58.0 Å². The lowest BCUT2D eigenvalue weighted by atomic mass is 10.0. The highest BCUT2D eigenvalue weighted by Gasteiger charge is 2.06. The first-order valence-electron chi connectivity index (χ1n) is 5.03. The average molecular weight is 292 g/mol. The van der Waals surface area contributed by atoms with Crippen LogP contribution in [0.5, 0.6) is 0 Å². The Balaban J connectivity index is 2.63. The third-order valence-corrected chi connectivity index (χ3v) is 4.17. The molecule has 0 aliphatic heterocycles. The van der Waals surface area contributed by atoms with Gasteiger partial charge in [0.15, 0.2) is 0 Å². The fourth-order valence-corrected chi connectivity index (χ4v) is 2.76. The zero-order chi connectivity index (χ0) is 11.1. The topological polar surface area (TPSA) is 0 Å². The van der Waals surface area contributed by atoms with E-state index in [1.165, 1.54) is 21.5 Å². The summed E-state index contributed by atoms with van der Waals surface area (Å²) in [5.74, 6) is 0. The molecule has 0 saturated carbocycles. The van der Waals surface area contributed by atoms with Crippen molar-refractivity contribution in [2.24, 2.45) is 0 Å². The van der Waals surface area contributed by atoms with Crippen molar-refractivity contribution in [3.63, 3.8) is 0 Å². The molecule has 0 N–H and O–H groups in total. The Morgan fingerprint density at radius 1 is 0.812 bits per heavy atom. The summed E-state index contributed by atoms with van der Waals surface area (Å²) in [6.45, 7) is 0. The predicted molar refractivity (Wildman–Crippen MR) is 74.2 cm³/mol. The molecule has 0 atom stereocenters. The second-order valence-corrected chi connectivity index (χ2v) is 4.95. The fourth-order valence-electron chi connectivity index (χ4n) is 2.03. The van der Waals surface area contributed by atoms with Gasteiger partial charge >= 0.3 is 0 Å². The van der Waals surface area contributed by atoms with Gasteiger partial charge in [-0.2, -0.15) is 0 Å². The van der Waals surface area contributed by atoms with Crippen LogP contribution in [0.1, 0.15) is 0 Å². The van der Waals surface area contributed by atoms with E-state index in [1.807, 2.05) is 12.1 Å². The first-order chi connectivity index (χ1) is 7.77. The second kappa shape index (κ2) is 3.76. The van der Waals surface area contributed by atoms with Gasteiger partial charge in [0.25, 0.3) is 0 Å². The van der Waals surface area contributed by atoms with Crippen LogP contribution in [0.4, 0.5) is 0 Å². The van der Waals surface area contributed by atoms with Crippen molar-refractivity contribution in [1.29, 1.82) is 0 Å². The molecule has 0 radical (unpaired) electrons. The van der Waals surface area contributed by atoms with Crippen LogP contribution in [0.25, 0.3) is 21.5 Å². The maximum atomic E-state index is 6.14. The Hall–Kier alpha value is -1.05. The third kappa shape index (κ3) is 1.43. The van der Waals surface area contributed by atoms with E-state index >= 15 is 0 Å². The van der Waals surface area contributed by atoms with Gasteiger partial charge in [0.1, 0.15) is 0 Å². The molecule has 0 heterocycles. The van der Waals surface area contributed by atoms with Crippen LogP contribution in [-0.2, 0) is 0 Å². The van der Waals surface area contributed by atoms with Crippen LogP contribution in [0.15, 0.2) is 53.0 Å². The number of halogens is 2. The Labute approximate surface area is 107 Å². The summed E-state index contributed by atoms with van der Waals surface area (Å²) < 4.78 is 0.975. The van der Waals surface area contributed by atoms with Gasteiger partial charge in [0.2, 0.25) is 0 Å². The van der Waals surface area contributed by atoms with E-state index in [9.17, 15) is 0 Å². The maximum Gasteiger partial charge on any atom is 0.0554 e. The molecule has 3 aromatic rings. The summed E-state index contributed by atoms with van der Waals surface area (Å²) in [4.78, 5) is 0. The highest BCUT2D eigenvalue weighted by molar-refractivity contribution is 9.10. The van der Waals surface area contributed by atoms with Gasteiger partial charge in [-0.15, -0.1) is 0 Å². The summed E-state index contributed by atoms with van der Waals surface area (Å²) in [5.41, 5.74) is 0. The number of fused-ring (bicyclic) bond motifs is 3. The molecule has 0 saturated heterocycles. The molecule has 0 nitrogen and oxygen atoms in total. The SMILES string of the molecule is Clc1ccc2ccc3ccccc3c2c1Br. The van der Waals surface area contributed by atoms with E-state index < -0.39 is 0 Å². The normalized spacial score (nSPS) is 11.1. The molecule has 0 amide bonds. The molecule has 78 valence electrons. The molecule has 2 heteroatoms. The predicted octanol–water partition coefficient (Wildman–Crippen LogP) is 5.41. The number of hydrogen-bond acceptors (Lipinski definition) is 0. The molecule has 0 aromatic heterocycles. The van der Waals surface area contributed by atoms with E-state index in [-0.39, 0.29) is 0 Å². The zero-order valence-corrected chi connectivity index (χ0v) is 10.7. The monoisotopic (exact) mass is 290 g/mol. The lowest BCUT2D eigenvalue weighted by Crippen LogP contribution is -1.80. The van der Waals surface area contributed by atoms with E-state index in [2.05, 4.69) is 52.3 Å². The molecule has 3 rings (SSSR count). The standard InChI is InChI=1S/C14H8BrCl/c15-14-12(16)8-7-10-6-5-9-3-1-2-4-11(9)13(10)14/h1-8H. The van der Waals surface area contributed by atoms with Crippen molar-refractivity contribution in [1.82, 2.24) is 0 Å². The summed E-state index contributed by atoms with van der Waals surface area (Å²) in [5, 5.41) is 5.61. The van der Waals surface area contributed by atoms with Gasteiger partial charge in [-0.05, 0) is 38.2 Å². The molecule has 0 bridgehead atoms. The van der Waals surface area contributed by atoms with Gasteiger partial charge in [-0.1, -0.05) is 54.1 Å². The molecule has 0 spiro atoms. The van der Waals surface area contributed by atoms with Gasteiger partial charge in [-0.25, -0.2) is 0 Å². The van der Waals surface area contributed by atoms with Crippen LogP contribution in [0.3, 0.4) is 0 Å². The minimum absolute atomic E-state index is 0.754. The molecule has 0 unspecified atom stereocenters. The van der Waals surface area contributed by atoms with Crippen molar-refractivity contribution >= 4 is 49.1 Å². The Morgan fingerprint density at radius 3 is 2.38 bits per heavy atom. The molecular formula is C14H8BrCl. The summed E-state index contributed by atoms with van der Waals surface area (Å²) in [6.07, 6.45) is 0. The second-order valence-electron chi connectivity index (χ2n) is 3.75. The largest absolute Gasteiger partial charge is 0.0831 e. The highest BCUT2D eigenvalue weighted by Crippen LogP contribution is 2.35. The number of hydrogen-bond donors (Lipinski definition) is 0. The lowest BCUT2D eigenvalue weighted by molar-refractivity contribution is 1.73. The van der Waals surface area contributed by atoms with Gasteiger partial charge < -0.3 is 0 Å². The smallest absolute Gasteiger partial charge is 0.0554 e. The number of rotatable bonds is 0. The molecule has 16 heavy (non-hydrogen) atoms. The molecule has 0 aliphatic carbocycles. The first kappa shape index (κ1) is 10.1. The van der Waals surface area contributed by atoms with Crippen LogP contribution in [0, 0.1) is 0 Å². The summed E-state index contributed by atoms with van der Waals surface area (Å²) >= 11 is 9.71. The first-order valence-corrected chi connectivity index (χ1v) is 6.20. The van der Waals surface area contributed by atoms with E-state index in [0.717, 1.165) is 9.50 Å².